The molecule has 1 atom stereocenters. The SMILES string of the molecule is CCC(NCCCC(=O)NC1CC1)C(=O)O. The first kappa shape index (κ1) is 13.0. The average Bonchev–Trinajstić information content (AvgIpc) is 3.01. The number of rotatable bonds is 8. The van der Waals surface area contributed by atoms with Crippen molar-refractivity contribution < 1.29 is 14.7 Å². The van der Waals surface area contributed by atoms with Gasteiger partial charge in [0.05, 0.1) is 0 Å². The third-order valence-corrected chi connectivity index (χ3v) is 2.62. The van der Waals surface area contributed by atoms with Gasteiger partial charge in [-0.2, -0.15) is 0 Å². The van der Waals surface area contributed by atoms with Crippen LogP contribution in [0.3, 0.4) is 0 Å². The third-order valence-electron chi connectivity index (χ3n) is 2.62. The average molecular weight is 228 g/mol. The molecule has 1 amide bonds. The highest BCUT2D eigenvalue weighted by atomic mass is 16.4. The number of carboxylic acid groups (broad SMARTS) is 1. The zero-order valence-corrected chi connectivity index (χ0v) is 9.66. The molecule has 0 heterocycles. The van der Waals surface area contributed by atoms with Crippen molar-refractivity contribution in [3.63, 3.8) is 0 Å². The van der Waals surface area contributed by atoms with Crippen LogP contribution in [0.1, 0.15) is 39.0 Å². The Hall–Kier alpha value is -1.10. The molecule has 0 radical (unpaired) electrons. The van der Waals surface area contributed by atoms with Crippen LogP contribution in [0, 0.1) is 0 Å². The number of aliphatic carboxylic acids is 1. The summed E-state index contributed by atoms with van der Waals surface area (Å²) < 4.78 is 0. The van der Waals surface area contributed by atoms with Crippen LogP contribution in [0.2, 0.25) is 0 Å². The van der Waals surface area contributed by atoms with Crippen LogP contribution < -0.4 is 10.6 Å². The first-order valence-corrected chi connectivity index (χ1v) is 5.89. The molecule has 5 nitrogen and oxygen atoms in total. The van der Waals surface area contributed by atoms with Crippen molar-refractivity contribution in [3.05, 3.63) is 0 Å². The molecule has 1 fully saturated rings. The first-order valence-electron chi connectivity index (χ1n) is 5.89. The predicted octanol–water partition coefficient (Wildman–Crippen LogP) is 0.498. The third kappa shape index (κ3) is 5.11. The Bertz CT molecular complexity index is 252. The van der Waals surface area contributed by atoms with Crippen molar-refractivity contribution in [2.75, 3.05) is 6.54 Å². The molecule has 16 heavy (non-hydrogen) atoms. The quantitative estimate of drug-likeness (QED) is 0.529. The standard InChI is InChI=1S/C11H20N2O3/c1-2-9(11(15)16)12-7-3-4-10(14)13-8-5-6-8/h8-9,12H,2-7H2,1H3,(H,13,14)(H,15,16). The summed E-state index contributed by atoms with van der Waals surface area (Å²) in [6.45, 7) is 2.40. The topological polar surface area (TPSA) is 78.4 Å². The molecule has 0 aliphatic heterocycles. The Morgan fingerprint density at radius 3 is 2.62 bits per heavy atom. The lowest BCUT2D eigenvalue weighted by atomic mass is 10.2. The highest BCUT2D eigenvalue weighted by Gasteiger charge is 2.22. The minimum absolute atomic E-state index is 0.0765. The fourth-order valence-electron chi connectivity index (χ4n) is 1.46. The van der Waals surface area contributed by atoms with E-state index in [2.05, 4.69) is 10.6 Å². The van der Waals surface area contributed by atoms with E-state index in [0.717, 1.165) is 12.8 Å². The van der Waals surface area contributed by atoms with Crippen molar-refractivity contribution in [1.82, 2.24) is 10.6 Å². The molecule has 1 unspecified atom stereocenters. The highest BCUT2D eigenvalue weighted by Crippen LogP contribution is 2.18. The molecule has 3 N–H and O–H groups in total. The largest absolute Gasteiger partial charge is 0.480 e. The second-order valence-corrected chi connectivity index (χ2v) is 4.20. The monoisotopic (exact) mass is 228 g/mol. The van der Waals surface area contributed by atoms with E-state index >= 15 is 0 Å². The summed E-state index contributed by atoms with van der Waals surface area (Å²) in [5.74, 6) is -0.752. The van der Waals surface area contributed by atoms with E-state index in [4.69, 9.17) is 5.11 Å². The van der Waals surface area contributed by atoms with E-state index in [1.54, 1.807) is 0 Å². The predicted molar refractivity (Wildman–Crippen MR) is 60.1 cm³/mol. The Morgan fingerprint density at radius 2 is 2.12 bits per heavy atom. The molecule has 0 aromatic heterocycles. The lowest BCUT2D eigenvalue weighted by molar-refractivity contribution is -0.139. The van der Waals surface area contributed by atoms with E-state index < -0.39 is 12.0 Å². The molecular formula is C11H20N2O3. The van der Waals surface area contributed by atoms with Crippen LogP contribution >= 0.6 is 0 Å². The number of amides is 1. The Balaban J connectivity index is 2.01. The van der Waals surface area contributed by atoms with Gasteiger partial charge in [0, 0.05) is 12.5 Å². The summed E-state index contributed by atoms with van der Waals surface area (Å²) in [5.41, 5.74) is 0. The molecule has 1 aliphatic rings. The number of carbonyl (C=O) groups excluding carboxylic acids is 1. The van der Waals surface area contributed by atoms with E-state index in [0.29, 0.717) is 31.8 Å². The molecule has 0 aromatic carbocycles. The van der Waals surface area contributed by atoms with Crippen LogP contribution in [0.4, 0.5) is 0 Å². The summed E-state index contributed by atoms with van der Waals surface area (Å²) in [5, 5.41) is 14.6. The van der Waals surface area contributed by atoms with Gasteiger partial charge in [-0.1, -0.05) is 6.92 Å². The van der Waals surface area contributed by atoms with Crippen LogP contribution in [-0.4, -0.2) is 35.6 Å². The number of carboxylic acids is 1. The van der Waals surface area contributed by atoms with E-state index in [9.17, 15) is 9.59 Å². The number of nitrogens with one attached hydrogen (secondary N) is 2. The van der Waals surface area contributed by atoms with Crippen LogP contribution in [0.25, 0.3) is 0 Å². The molecule has 1 saturated carbocycles. The second-order valence-electron chi connectivity index (χ2n) is 4.20. The molecule has 0 saturated heterocycles. The minimum atomic E-state index is -0.829. The van der Waals surface area contributed by atoms with Crippen LogP contribution in [0.15, 0.2) is 0 Å². The number of carbonyl (C=O) groups is 2. The smallest absolute Gasteiger partial charge is 0.320 e. The van der Waals surface area contributed by atoms with Gasteiger partial charge in [-0.05, 0) is 32.2 Å². The van der Waals surface area contributed by atoms with Crippen molar-refractivity contribution in [1.29, 1.82) is 0 Å². The summed E-state index contributed by atoms with van der Waals surface area (Å²) in [6, 6.07) is -0.0886. The van der Waals surface area contributed by atoms with Gasteiger partial charge in [-0.25, -0.2) is 0 Å². The van der Waals surface area contributed by atoms with Crippen molar-refractivity contribution in [2.24, 2.45) is 0 Å². The first-order chi connectivity index (χ1) is 7.63. The molecule has 92 valence electrons. The van der Waals surface area contributed by atoms with Gasteiger partial charge < -0.3 is 15.7 Å². The maximum absolute atomic E-state index is 11.3. The van der Waals surface area contributed by atoms with Gasteiger partial charge in [0.15, 0.2) is 0 Å². The zero-order valence-electron chi connectivity index (χ0n) is 9.66. The highest BCUT2D eigenvalue weighted by molar-refractivity contribution is 5.76. The fraction of sp³-hybridized carbons (Fsp3) is 0.818. The maximum Gasteiger partial charge on any atom is 0.320 e. The molecule has 0 aromatic rings. The summed E-state index contributed by atoms with van der Waals surface area (Å²) in [4.78, 5) is 22.0. The van der Waals surface area contributed by atoms with Gasteiger partial charge in [0.25, 0.3) is 0 Å². The van der Waals surface area contributed by atoms with Gasteiger partial charge in [0.2, 0.25) is 5.91 Å². The maximum atomic E-state index is 11.3. The van der Waals surface area contributed by atoms with Gasteiger partial charge in [-0.15, -0.1) is 0 Å². The van der Waals surface area contributed by atoms with Crippen LogP contribution in [-0.2, 0) is 9.59 Å². The Morgan fingerprint density at radius 1 is 1.44 bits per heavy atom. The van der Waals surface area contributed by atoms with Crippen molar-refractivity contribution in [2.45, 2.75) is 51.1 Å². The molecule has 1 rings (SSSR count). The van der Waals surface area contributed by atoms with E-state index in [-0.39, 0.29) is 5.91 Å². The van der Waals surface area contributed by atoms with Crippen molar-refractivity contribution in [3.8, 4) is 0 Å². The molecule has 0 bridgehead atoms. The second kappa shape index (κ2) is 6.48. The summed E-state index contributed by atoms with van der Waals surface area (Å²) in [7, 11) is 0. The summed E-state index contributed by atoms with van der Waals surface area (Å²) in [6.07, 6.45) is 3.91. The normalized spacial score (nSPS) is 16.8. The van der Waals surface area contributed by atoms with Crippen LogP contribution in [0.5, 0.6) is 0 Å². The van der Waals surface area contributed by atoms with Gasteiger partial charge in [0.1, 0.15) is 6.04 Å². The molecule has 1 aliphatic carbocycles. The lowest BCUT2D eigenvalue weighted by Crippen LogP contribution is -2.37. The fourth-order valence-corrected chi connectivity index (χ4v) is 1.46. The summed E-state index contributed by atoms with van der Waals surface area (Å²) >= 11 is 0. The Labute approximate surface area is 95.6 Å². The van der Waals surface area contributed by atoms with E-state index in [1.807, 2.05) is 6.92 Å². The Kier molecular flexibility index (Phi) is 5.25. The minimum Gasteiger partial charge on any atom is -0.480 e. The number of hydrogen-bond acceptors (Lipinski definition) is 3. The lowest BCUT2D eigenvalue weighted by Gasteiger charge is -2.11. The van der Waals surface area contributed by atoms with Gasteiger partial charge >= 0.3 is 5.97 Å². The zero-order chi connectivity index (χ0) is 12.0. The van der Waals surface area contributed by atoms with Crippen molar-refractivity contribution >= 4 is 11.9 Å². The molecule has 5 heteroatoms. The van der Waals surface area contributed by atoms with Gasteiger partial charge in [-0.3, -0.25) is 9.59 Å². The number of hydrogen-bond donors (Lipinski definition) is 3. The molecular weight excluding hydrogens is 208 g/mol. The molecule has 0 spiro atoms. The van der Waals surface area contributed by atoms with E-state index in [1.165, 1.54) is 0 Å².